The number of carbonyl (C=O) groups excluding carboxylic acids is 2. The lowest BCUT2D eigenvalue weighted by Gasteiger charge is -2.05. The number of hydrogen-bond donors (Lipinski definition) is 1. The summed E-state index contributed by atoms with van der Waals surface area (Å²) in [6.07, 6.45) is -0.238. The summed E-state index contributed by atoms with van der Waals surface area (Å²) in [5, 5.41) is 11.5. The molecule has 0 bridgehead atoms. The van der Waals surface area contributed by atoms with E-state index in [1.807, 2.05) is 6.92 Å². The summed E-state index contributed by atoms with van der Waals surface area (Å²) in [5.74, 6) is -0.879. The number of nitriles is 1. The van der Waals surface area contributed by atoms with Gasteiger partial charge in [-0.05, 0) is 26.3 Å². The minimum atomic E-state index is -0.452. The number of ether oxygens (including phenoxy) is 1. The number of hydrogen-bond acceptors (Lipinski definition) is 5. The number of thiophene rings is 1. The predicted octanol–water partition coefficient (Wildman–Crippen LogP) is 2.39. The van der Waals surface area contributed by atoms with Crippen molar-refractivity contribution < 1.29 is 14.3 Å². The van der Waals surface area contributed by atoms with Crippen LogP contribution in [0.4, 0.5) is 5.00 Å². The van der Waals surface area contributed by atoms with Crippen molar-refractivity contribution in [2.75, 3.05) is 11.9 Å². The Labute approximate surface area is 109 Å². The van der Waals surface area contributed by atoms with E-state index >= 15 is 0 Å². The zero-order chi connectivity index (χ0) is 13.7. The van der Waals surface area contributed by atoms with Gasteiger partial charge in [-0.25, -0.2) is 4.79 Å². The van der Waals surface area contributed by atoms with E-state index in [0.29, 0.717) is 10.6 Å². The molecule has 0 saturated carbocycles. The van der Waals surface area contributed by atoms with Gasteiger partial charge in [-0.2, -0.15) is 5.26 Å². The standard InChI is InChI=1S/C12H14N2O3S/c1-4-17-12(16)10-7(2)8(3)18-11(10)14-9(15)5-6-13/h4-5H2,1-3H3,(H,14,15). The van der Waals surface area contributed by atoms with E-state index in [4.69, 9.17) is 10.00 Å². The molecular weight excluding hydrogens is 252 g/mol. The molecule has 0 spiro atoms. The Balaban J connectivity index is 3.05. The molecule has 1 rings (SSSR count). The third kappa shape index (κ3) is 3.08. The third-order valence-electron chi connectivity index (χ3n) is 2.36. The van der Waals surface area contributed by atoms with Gasteiger partial charge in [-0.1, -0.05) is 0 Å². The molecule has 1 heterocycles. The number of nitrogens with one attached hydrogen (secondary N) is 1. The Hall–Kier alpha value is -1.87. The fourth-order valence-corrected chi connectivity index (χ4v) is 2.47. The Bertz CT molecular complexity index is 514. The second-order valence-corrected chi connectivity index (χ2v) is 4.82. The molecule has 1 N–H and O–H groups in total. The fourth-order valence-electron chi connectivity index (χ4n) is 1.41. The molecule has 96 valence electrons. The number of aryl methyl sites for hydroxylation is 1. The van der Waals surface area contributed by atoms with Crippen molar-refractivity contribution in [3.8, 4) is 6.07 Å². The van der Waals surface area contributed by atoms with Crippen molar-refractivity contribution in [1.29, 1.82) is 5.26 Å². The average molecular weight is 266 g/mol. The number of anilines is 1. The number of rotatable bonds is 4. The van der Waals surface area contributed by atoms with E-state index in [9.17, 15) is 9.59 Å². The Morgan fingerprint density at radius 2 is 2.11 bits per heavy atom. The zero-order valence-electron chi connectivity index (χ0n) is 10.5. The molecule has 0 atom stereocenters. The molecule has 0 aliphatic heterocycles. The molecular formula is C12H14N2O3S. The molecule has 0 aromatic carbocycles. The molecule has 0 aliphatic carbocycles. The first-order chi connectivity index (χ1) is 8.51. The summed E-state index contributed by atoms with van der Waals surface area (Å²) in [4.78, 5) is 24.1. The van der Waals surface area contributed by atoms with Gasteiger partial charge in [0.1, 0.15) is 11.4 Å². The van der Waals surface area contributed by atoms with E-state index in [1.165, 1.54) is 11.3 Å². The van der Waals surface area contributed by atoms with Gasteiger partial charge in [0.25, 0.3) is 0 Å². The van der Waals surface area contributed by atoms with Gasteiger partial charge >= 0.3 is 5.97 Å². The second kappa shape index (κ2) is 6.17. The maximum Gasteiger partial charge on any atom is 0.341 e. The lowest BCUT2D eigenvalue weighted by Crippen LogP contribution is -2.13. The summed E-state index contributed by atoms with van der Waals surface area (Å²) in [6.45, 7) is 5.67. The van der Waals surface area contributed by atoms with Gasteiger partial charge in [-0.3, -0.25) is 4.79 Å². The monoisotopic (exact) mass is 266 g/mol. The van der Waals surface area contributed by atoms with E-state index < -0.39 is 11.9 Å². The van der Waals surface area contributed by atoms with E-state index in [0.717, 1.165) is 10.4 Å². The SMILES string of the molecule is CCOC(=O)c1c(NC(=O)CC#N)sc(C)c1C. The van der Waals surface area contributed by atoms with Gasteiger partial charge < -0.3 is 10.1 Å². The predicted molar refractivity (Wildman–Crippen MR) is 68.6 cm³/mol. The Kier molecular flexibility index (Phi) is 4.86. The molecule has 1 amide bonds. The quantitative estimate of drug-likeness (QED) is 0.849. The van der Waals surface area contributed by atoms with Crippen LogP contribution in [0.25, 0.3) is 0 Å². The first-order valence-electron chi connectivity index (χ1n) is 5.45. The molecule has 5 nitrogen and oxygen atoms in total. The van der Waals surface area contributed by atoms with Crippen LogP contribution in [0.1, 0.15) is 34.1 Å². The lowest BCUT2D eigenvalue weighted by molar-refractivity contribution is -0.115. The van der Waals surface area contributed by atoms with E-state index in [1.54, 1.807) is 19.9 Å². The minimum absolute atomic E-state index is 0.238. The smallest absolute Gasteiger partial charge is 0.341 e. The largest absolute Gasteiger partial charge is 0.462 e. The molecule has 0 radical (unpaired) electrons. The van der Waals surface area contributed by atoms with Crippen LogP contribution >= 0.6 is 11.3 Å². The third-order valence-corrected chi connectivity index (χ3v) is 3.48. The molecule has 6 heteroatoms. The van der Waals surface area contributed by atoms with E-state index in [2.05, 4.69) is 5.32 Å². The number of amides is 1. The van der Waals surface area contributed by atoms with Gasteiger partial charge in [0.05, 0.1) is 18.2 Å². The fraction of sp³-hybridized carbons (Fsp3) is 0.417. The second-order valence-electron chi connectivity index (χ2n) is 3.59. The summed E-state index contributed by atoms with van der Waals surface area (Å²) < 4.78 is 4.96. The van der Waals surface area contributed by atoms with Crippen LogP contribution in [0, 0.1) is 25.2 Å². The van der Waals surface area contributed by atoms with Crippen LogP contribution in [0.5, 0.6) is 0 Å². The van der Waals surface area contributed by atoms with Gasteiger partial charge in [0, 0.05) is 4.88 Å². The van der Waals surface area contributed by atoms with Gasteiger partial charge in [-0.15, -0.1) is 11.3 Å². The normalized spacial score (nSPS) is 9.67. The van der Waals surface area contributed by atoms with Crippen LogP contribution < -0.4 is 5.32 Å². The molecule has 1 aromatic rings. The highest BCUT2D eigenvalue weighted by Gasteiger charge is 2.21. The molecule has 0 fully saturated rings. The molecule has 1 aromatic heterocycles. The lowest BCUT2D eigenvalue weighted by atomic mass is 10.1. The maximum absolute atomic E-state index is 11.8. The van der Waals surface area contributed by atoms with Gasteiger partial charge in [0.15, 0.2) is 0 Å². The van der Waals surface area contributed by atoms with Gasteiger partial charge in [0.2, 0.25) is 5.91 Å². The number of nitrogens with zero attached hydrogens (tertiary/aromatic N) is 1. The highest BCUT2D eigenvalue weighted by molar-refractivity contribution is 7.16. The molecule has 0 saturated heterocycles. The summed E-state index contributed by atoms with van der Waals surface area (Å²) in [5.41, 5.74) is 1.18. The van der Waals surface area contributed by atoms with Crippen LogP contribution in [-0.2, 0) is 9.53 Å². The number of carbonyl (C=O) groups is 2. The molecule has 0 unspecified atom stereocenters. The minimum Gasteiger partial charge on any atom is -0.462 e. The van der Waals surface area contributed by atoms with Crippen molar-refractivity contribution in [3.05, 3.63) is 16.0 Å². The first-order valence-corrected chi connectivity index (χ1v) is 6.26. The molecule has 18 heavy (non-hydrogen) atoms. The van der Waals surface area contributed by atoms with E-state index in [-0.39, 0.29) is 13.0 Å². The summed E-state index contributed by atoms with van der Waals surface area (Å²) in [6, 6.07) is 1.76. The maximum atomic E-state index is 11.8. The first kappa shape index (κ1) is 14.2. The molecule has 0 aliphatic rings. The average Bonchev–Trinajstić information content (AvgIpc) is 2.55. The van der Waals surface area contributed by atoms with Crippen LogP contribution in [0.15, 0.2) is 0 Å². The topological polar surface area (TPSA) is 79.2 Å². The highest BCUT2D eigenvalue weighted by Crippen LogP contribution is 2.33. The summed E-state index contributed by atoms with van der Waals surface area (Å²) >= 11 is 1.31. The van der Waals surface area contributed by atoms with Crippen molar-refractivity contribution in [3.63, 3.8) is 0 Å². The van der Waals surface area contributed by atoms with Crippen LogP contribution in [0.3, 0.4) is 0 Å². The van der Waals surface area contributed by atoms with Crippen molar-refractivity contribution in [1.82, 2.24) is 0 Å². The van der Waals surface area contributed by atoms with Crippen molar-refractivity contribution in [2.45, 2.75) is 27.2 Å². The van der Waals surface area contributed by atoms with Crippen LogP contribution in [0.2, 0.25) is 0 Å². The highest BCUT2D eigenvalue weighted by atomic mass is 32.1. The Morgan fingerprint density at radius 3 is 2.67 bits per heavy atom. The number of esters is 1. The van der Waals surface area contributed by atoms with Crippen LogP contribution in [-0.4, -0.2) is 18.5 Å². The summed E-state index contributed by atoms with van der Waals surface area (Å²) in [7, 11) is 0. The van der Waals surface area contributed by atoms with Crippen molar-refractivity contribution in [2.24, 2.45) is 0 Å². The Morgan fingerprint density at radius 1 is 1.44 bits per heavy atom. The zero-order valence-corrected chi connectivity index (χ0v) is 11.3. The van der Waals surface area contributed by atoms with Crippen molar-refractivity contribution >= 4 is 28.2 Å².